The van der Waals surface area contributed by atoms with E-state index in [9.17, 15) is 19.2 Å². The summed E-state index contributed by atoms with van der Waals surface area (Å²) in [5.41, 5.74) is 8.99. The molecular weight excluding hydrogens is 1600 g/mol. The van der Waals surface area contributed by atoms with Crippen molar-refractivity contribution in [3.8, 4) is 46.0 Å². The minimum absolute atomic E-state index is 0. The Bertz CT molecular complexity index is 4970. The summed E-state index contributed by atoms with van der Waals surface area (Å²) in [6, 6.07) is 39.8. The molecule has 0 aliphatic carbocycles. The molecule has 4 N–H and O–H groups in total. The van der Waals surface area contributed by atoms with Crippen molar-refractivity contribution >= 4 is 63.0 Å². The van der Waals surface area contributed by atoms with Crippen LogP contribution in [-0.4, -0.2) is 208 Å². The number of piperidine rings is 4. The highest BCUT2D eigenvalue weighted by atomic mass is 32.1. The van der Waals surface area contributed by atoms with Gasteiger partial charge in [-0.05, 0) is 256 Å². The van der Waals surface area contributed by atoms with Crippen molar-refractivity contribution in [1.82, 2.24) is 50.8 Å². The third kappa shape index (κ3) is 21.0. The molecule has 16 rings (SSSR count). The zero-order chi connectivity index (χ0) is 84.9. The molecule has 4 saturated heterocycles. The number of hydrogen-bond acceptors (Lipinski definition) is 20. The van der Waals surface area contributed by atoms with Gasteiger partial charge in [0.05, 0.1) is 66.1 Å². The fourth-order valence-electron chi connectivity index (χ4n) is 17.9. The van der Waals surface area contributed by atoms with E-state index in [4.69, 9.17) is 37.9 Å². The number of benzene rings is 4. The molecule has 4 aromatic carbocycles. The molecule has 8 aliphatic heterocycles. The van der Waals surface area contributed by atoms with Crippen LogP contribution in [0.3, 0.4) is 0 Å². The molecule has 1 atom stereocenters. The van der Waals surface area contributed by atoms with Gasteiger partial charge >= 0.3 is 0 Å². The van der Waals surface area contributed by atoms with E-state index in [1.807, 2.05) is 167 Å². The molecule has 0 radical (unpaired) electrons. The van der Waals surface area contributed by atoms with Crippen LogP contribution in [0, 0.1) is 0 Å². The number of rotatable bonds is 20. The molecular formula is C100H136N10O12S2. The van der Waals surface area contributed by atoms with Crippen LogP contribution in [0.5, 0.6) is 46.0 Å². The van der Waals surface area contributed by atoms with Gasteiger partial charge in [-0.15, -0.1) is 22.7 Å². The zero-order valence-electron chi connectivity index (χ0n) is 72.3. The number of hydrogen-bond donors (Lipinski definition) is 4. The van der Waals surface area contributed by atoms with Gasteiger partial charge in [0.2, 0.25) is 0 Å². The zero-order valence-corrected chi connectivity index (χ0v) is 74.0. The maximum atomic E-state index is 13.2. The number of nitrogens with zero attached hydrogens (tertiary/aromatic N) is 6. The maximum Gasteiger partial charge on any atom is 0.272 e. The fourth-order valence-corrected chi connectivity index (χ4v) is 19.9. The summed E-state index contributed by atoms with van der Waals surface area (Å²) in [7, 11) is 6.74. The molecule has 670 valence electrons. The summed E-state index contributed by atoms with van der Waals surface area (Å²) < 4.78 is 48.8. The summed E-state index contributed by atoms with van der Waals surface area (Å²) in [4.78, 5) is 71.7. The van der Waals surface area contributed by atoms with Crippen molar-refractivity contribution in [1.29, 1.82) is 0 Å². The second-order valence-electron chi connectivity index (χ2n) is 32.2. The van der Waals surface area contributed by atoms with Gasteiger partial charge in [0, 0.05) is 140 Å². The predicted octanol–water partition coefficient (Wildman–Crippen LogP) is 18.8. The first kappa shape index (κ1) is 97.7. The van der Waals surface area contributed by atoms with Gasteiger partial charge in [0.1, 0.15) is 74.1 Å². The smallest absolute Gasteiger partial charge is 0.272 e. The largest absolute Gasteiger partial charge is 0.496 e. The molecule has 0 bridgehead atoms. The van der Waals surface area contributed by atoms with Crippen molar-refractivity contribution in [3.05, 3.63) is 216 Å². The van der Waals surface area contributed by atoms with Crippen molar-refractivity contribution in [2.75, 3.05) is 120 Å². The lowest BCUT2D eigenvalue weighted by Gasteiger charge is -2.45. The number of amides is 4. The summed E-state index contributed by atoms with van der Waals surface area (Å²) in [6.45, 7) is 31.8. The van der Waals surface area contributed by atoms with Crippen LogP contribution >= 0.6 is 22.7 Å². The summed E-state index contributed by atoms with van der Waals surface area (Å²) >= 11 is 3.10. The Morgan fingerprint density at radius 2 is 0.806 bits per heavy atom. The molecule has 8 aromatic rings. The van der Waals surface area contributed by atoms with Crippen molar-refractivity contribution < 1.29 is 57.1 Å². The van der Waals surface area contributed by atoms with Crippen LogP contribution in [0.4, 0.5) is 0 Å². The minimum Gasteiger partial charge on any atom is -0.496 e. The summed E-state index contributed by atoms with van der Waals surface area (Å²) in [6.07, 6.45) is 18.6. The van der Waals surface area contributed by atoms with Crippen molar-refractivity contribution in [2.45, 2.75) is 197 Å². The molecule has 4 amide bonds. The topological polar surface area (TPSA) is 229 Å². The SMILES string of the molecule is C.C.C.C.CCN(CC)C(=O)c1ccc(C2=CC3(CCNCC3)Oc3cccc(OC)c32)nc1.CCN(CC)C(=O)c1ccc(C2=CC3(CCNCC3)Oc3cccc(OC)c32)s1.CCN(CC)C(=O)c1ccc(C2CC3(CCNCC3)Oc3cccc(OC)c32)cn1.COc1cccc2c1C(c1ccc(C(=O)N(C(C)C)C(C)C)s1)=CC1(CCNCC1)O2. The Morgan fingerprint density at radius 1 is 0.419 bits per heavy atom. The monoisotopic (exact) mass is 1730 g/mol. The van der Waals surface area contributed by atoms with Gasteiger partial charge in [0.25, 0.3) is 23.6 Å². The second kappa shape index (κ2) is 43.7. The normalized spacial score (nSPS) is 17.2. The minimum atomic E-state index is -0.350. The molecule has 124 heavy (non-hydrogen) atoms. The van der Waals surface area contributed by atoms with E-state index in [0.29, 0.717) is 50.5 Å². The van der Waals surface area contributed by atoms with Crippen LogP contribution in [0.25, 0.3) is 16.7 Å². The molecule has 22 nitrogen and oxygen atoms in total. The van der Waals surface area contributed by atoms with E-state index in [1.54, 1.807) is 67.1 Å². The van der Waals surface area contributed by atoms with E-state index < -0.39 is 0 Å². The highest BCUT2D eigenvalue weighted by Gasteiger charge is 2.46. The van der Waals surface area contributed by atoms with Crippen LogP contribution < -0.4 is 59.2 Å². The molecule has 0 saturated carbocycles. The number of fused-ring (bicyclic) bond motifs is 4. The van der Waals surface area contributed by atoms with E-state index in [1.165, 1.54) is 0 Å². The van der Waals surface area contributed by atoms with E-state index in [0.717, 1.165) is 226 Å². The van der Waals surface area contributed by atoms with Crippen LogP contribution in [0.2, 0.25) is 0 Å². The molecule has 4 spiro atoms. The van der Waals surface area contributed by atoms with Gasteiger partial charge in [-0.1, -0.05) is 60.0 Å². The number of pyridine rings is 2. The van der Waals surface area contributed by atoms with E-state index >= 15 is 0 Å². The van der Waals surface area contributed by atoms with Crippen molar-refractivity contribution in [3.63, 3.8) is 0 Å². The van der Waals surface area contributed by atoms with Gasteiger partial charge in [-0.25, -0.2) is 0 Å². The first-order valence-electron chi connectivity index (χ1n) is 43.0. The summed E-state index contributed by atoms with van der Waals surface area (Å²) in [5.74, 6) is 6.89. The number of ether oxygens (including phenoxy) is 8. The fraction of sp³-hybridized carbons (Fsp3) is 0.480. The average Bonchev–Trinajstić information content (AvgIpc) is 1.19. The van der Waals surface area contributed by atoms with Gasteiger partial charge in [-0.3, -0.25) is 29.1 Å². The second-order valence-corrected chi connectivity index (χ2v) is 34.3. The van der Waals surface area contributed by atoms with Gasteiger partial charge in [0.15, 0.2) is 0 Å². The Labute approximate surface area is 745 Å². The van der Waals surface area contributed by atoms with Crippen LogP contribution in [0.1, 0.15) is 246 Å². The van der Waals surface area contributed by atoms with E-state index in [-0.39, 0.29) is 93.7 Å². The standard InChI is InChI=1S/C25H32N2O3S.C24H29N3O3.C24H31N3O3.C23H28N2O3S.4CH4/c1-16(2)27(17(3)4)24(28)22-10-9-21(31-22)18-15-25(11-13-26-14-12-25)30-20-8-6-7-19(29-5)23(18)20;1-4-27(5-2)23(28)17-9-10-19(26-16-17)18-15-24(11-13-25-14-12-24)30-21-8-6-7-20(29-3)22(18)21;1-4-27(5-2)23(28)19-10-9-17(16-26-19)18-15-24(11-13-25-14-12-24)30-21-8-6-7-20(29-3)22(18)21;1-4-25(5-2)22(26)20-10-9-19(29-20)16-15-23(11-13-24-14-12-23)28-18-8-6-7-17(27-3)21(16)18;;;;/h6-10,15-17,26H,11-14H2,1-5H3;6-10,15-16,25H,4-5,11-14H2,1-3H3;6-10,16,18,25H,4-5,11-15H2,1-3H3;6-10,15,24H,4-5,11-14H2,1-3H3;4*1H4. The first-order valence-corrected chi connectivity index (χ1v) is 44.6. The highest BCUT2D eigenvalue weighted by Crippen LogP contribution is 2.54. The molecule has 1 unspecified atom stereocenters. The highest BCUT2D eigenvalue weighted by molar-refractivity contribution is 7.15. The predicted molar refractivity (Wildman–Crippen MR) is 504 cm³/mol. The van der Waals surface area contributed by atoms with E-state index in [2.05, 4.69) is 89.3 Å². The molecule has 12 heterocycles. The lowest BCUT2D eigenvalue weighted by atomic mass is 9.75. The molecule has 8 aliphatic rings. The first-order chi connectivity index (χ1) is 58.2. The quantitative estimate of drug-likeness (QED) is 0.0556. The number of aromatic nitrogens is 2. The number of methoxy groups -OCH3 is 4. The van der Waals surface area contributed by atoms with Gasteiger partial charge < -0.3 is 78.8 Å². The van der Waals surface area contributed by atoms with Crippen LogP contribution in [-0.2, 0) is 0 Å². The number of carbonyl (C=O) groups excluding carboxylic acids is 4. The van der Waals surface area contributed by atoms with Crippen molar-refractivity contribution in [2.24, 2.45) is 0 Å². The third-order valence-corrected chi connectivity index (χ3v) is 26.5. The van der Waals surface area contributed by atoms with Crippen LogP contribution in [0.15, 0.2) is 152 Å². The number of thiophene rings is 2. The number of nitrogens with one attached hydrogen (secondary N) is 4. The van der Waals surface area contributed by atoms with Gasteiger partial charge in [-0.2, -0.15) is 0 Å². The molecule has 4 fully saturated rings. The Balaban J connectivity index is 0.000000185. The lowest BCUT2D eigenvalue weighted by molar-refractivity contribution is 0.0107. The maximum absolute atomic E-state index is 13.2. The molecule has 4 aromatic heterocycles. The number of carbonyl (C=O) groups is 4. The Hall–Kier alpha value is -10.1. The average molecular weight is 1730 g/mol. The Kier molecular flexibility index (Phi) is 34.4. The molecule has 24 heteroatoms. The Morgan fingerprint density at radius 3 is 1.20 bits per heavy atom. The summed E-state index contributed by atoms with van der Waals surface area (Å²) in [5, 5.41) is 13.7. The third-order valence-electron chi connectivity index (χ3n) is 24.3. The lowest BCUT2D eigenvalue weighted by Crippen LogP contribution is -2.49.